The van der Waals surface area contributed by atoms with E-state index in [-0.39, 0.29) is 24.2 Å². The van der Waals surface area contributed by atoms with Gasteiger partial charge < -0.3 is 9.47 Å². The first-order valence-corrected chi connectivity index (χ1v) is 8.76. The maximum Gasteiger partial charge on any atom is 0.305 e. The average Bonchev–Trinajstić information content (AvgIpc) is 2.45. The van der Waals surface area contributed by atoms with Crippen LogP contribution in [0, 0.1) is 0 Å². The summed E-state index contributed by atoms with van der Waals surface area (Å²) in [6.07, 6.45) is 3.10. The molecule has 1 unspecified atom stereocenters. The van der Waals surface area contributed by atoms with Gasteiger partial charge in [-0.25, -0.2) is 8.42 Å². The molecule has 0 bridgehead atoms. The summed E-state index contributed by atoms with van der Waals surface area (Å²) >= 11 is 0. The molecule has 0 aromatic carbocycles. The molecule has 0 amide bonds. The highest BCUT2D eigenvalue weighted by molar-refractivity contribution is 7.89. The molecule has 1 rings (SSSR count). The molecule has 0 N–H and O–H groups in total. The van der Waals surface area contributed by atoms with E-state index in [0.717, 1.165) is 19.3 Å². The molecule has 0 radical (unpaired) electrons. The maximum absolute atomic E-state index is 12.2. The van der Waals surface area contributed by atoms with Gasteiger partial charge in [-0.15, -0.1) is 0 Å². The van der Waals surface area contributed by atoms with Crippen LogP contribution in [0.3, 0.4) is 0 Å². The van der Waals surface area contributed by atoms with Crippen LogP contribution >= 0.6 is 0 Å². The molecule has 0 spiro atoms. The van der Waals surface area contributed by atoms with Crippen molar-refractivity contribution < 1.29 is 22.7 Å². The Kier molecular flexibility index (Phi) is 7.47. The van der Waals surface area contributed by atoms with E-state index in [1.165, 1.54) is 11.4 Å². The van der Waals surface area contributed by atoms with Crippen LogP contribution in [0.2, 0.25) is 0 Å². The van der Waals surface area contributed by atoms with Crippen LogP contribution in [0.25, 0.3) is 0 Å². The molecule has 1 heterocycles. The Bertz CT molecular complexity index is 396. The quantitative estimate of drug-likeness (QED) is 0.629. The third-order valence-corrected chi connectivity index (χ3v) is 5.23. The lowest BCUT2D eigenvalue weighted by Crippen LogP contribution is -2.44. The van der Waals surface area contributed by atoms with Gasteiger partial charge in [-0.3, -0.25) is 4.79 Å². The van der Waals surface area contributed by atoms with Crippen molar-refractivity contribution in [2.45, 2.75) is 45.1 Å². The van der Waals surface area contributed by atoms with Crippen LogP contribution in [0.15, 0.2) is 0 Å². The lowest BCUT2D eigenvalue weighted by atomic mass is 10.1. The predicted molar refractivity (Wildman–Crippen MR) is 75.9 cm³/mol. The van der Waals surface area contributed by atoms with E-state index >= 15 is 0 Å². The lowest BCUT2D eigenvalue weighted by Gasteiger charge is -2.31. The highest BCUT2D eigenvalue weighted by atomic mass is 32.2. The van der Waals surface area contributed by atoms with Crippen molar-refractivity contribution >= 4 is 16.0 Å². The summed E-state index contributed by atoms with van der Waals surface area (Å²) in [7, 11) is -2.00. The van der Waals surface area contributed by atoms with E-state index < -0.39 is 10.0 Å². The highest BCUT2D eigenvalue weighted by Crippen LogP contribution is 2.17. The Balaban J connectivity index is 2.43. The molecule has 1 atom stereocenters. The largest absolute Gasteiger partial charge is 0.469 e. The minimum absolute atomic E-state index is 0.000850. The molecule has 0 aliphatic carbocycles. The van der Waals surface area contributed by atoms with Crippen LogP contribution in [-0.4, -0.2) is 57.4 Å². The second-order valence-electron chi connectivity index (χ2n) is 4.99. The molecule has 0 saturated carbocycles. The lowest BCUT2D eigenvalue weighted by molar-refractivity contribution is -0.140. The number of hydrogen-bond donors (Lipinski definition) is 0. The van der Waals surface area contributed by atoms with E-state index in [0.29, 0.717) is 26.1 Å². The van der Waals surface area contributed by atoms with Gasteiger partial charge in [0.25, 0.3) is 0 Å². The van der Waals surface area contributed by atoms with E-state index in [1.54, 1.807) is 0 Å². The summed E-state index contributed by atoms with van der Waals surface area (Å²) in [6.45, 7) is 3.68. The standard InChI is InChI=1S/C13H25NO5S/c1-3-9-19-12-6-4-8-14(11-12)20(16,17)10-5-7-13(15)18-2/h12H,3-11H2,1-2H3. The zero-order valence-corrected chi connectivity index (χ0v) is 13.2. The van der Waals surface area contributed by atoms with Gasteiger partial charge in [0.15, 0.2) is 0 Å². The Morgan fingerprint density at radius 1 is 1.40 bits per heavy atom. The molecule has 7 heteroatoms. The molecule has 1 aliphatic rings. The van der Waals surface area contributed by atoms with E-state index in [9.17, 15) is 13.2 Å². The fourth-order valence-corrected chi connectivity index (χ4v) is 3.78. The van der Waals surface area contributed by atoms with Crippen molar-refractivity contribution in [3.63, 3.8) is 0 Å². The molecule has 1 fully saturated rings. The van der Waals surface area contributed by atoms with Crippen molar-refractivity contribution in [1.82, 2.24) is 4.31 Å². The second-order valence-corrected chi connectivity index (χ2v) is 7.08. The Morgan fingerprint density at radius 2 is 2.15 bits per heavy atom. The summed E-state index contributed by atoms with van der Waals surface area (Å²) in [5, 5.41) is 0. The van der Waals surface area contributed by atoms with Gasteiger partial charge in [0, 0.05) is 26.1 Å². The van der Waals surface area contributed by atoms with Crippen LogP contribution in [0.4, 0.5) is 0 Å². The maximum atomic E-state index is 12.2. The summed E-state index contributed by atoms with van der Waals surface area (Å²) in [4.78, 5) is 11.0. The van der Waals surface area contributed by atoms with E-state index in [2.05, 4.69) is 4.74 Å². The second kappa shape index (κ2) is 8.59. The normalized spacial score (nSPS) is 20.8. The van der Waals surface area contributed by atoms with Crippen molar-refractivity contribution in [3.8, 4) is 0 Å². The van der Waals surface area contributed by atoms with Crippen LogP contribution in [-0.2, 0) is 24.3 Å². The number of esters is 1. The van der Waals surface area contributed by atoms with E-state index in [1.807, 2.05) is 6.92 Å². The number of rotatable bonds is 8. The average molecular weight is 307 g/mol. The molecule has 0 aromatic rings. The molecule has 1 saturated heterocycles. The van der Waals surface area contributed by atoms with Crippen molar-refractivity contribution in [3.05, 3.63) is 0 Å². The SMILES string of the molecule is CCCOC1CCCN(S(=O)(=O)CCCC(=O)OC)C1. The number of methoxy groups -OCH3 is 1. The van der Waals surface area contributed by atoms with Crippen LogP contribution in [0.5, 0.6) is 0 Å². The first-order valence-electron chi connectivity index (χ1n) is 7.16. The first-order chi connectivity index (χ1) is 9.49. The van der Waals surface area contributed by atoms with Crippen molar-refractivity contribution in [1.29, 1.82) is 0 Å². The van der Waals surface area contributed by atoms with Crippen LogP contribution in [0.1, 0.15) is 39.0 Å². The van der Waals surface area contributed by atoms with Gasteiger partial charge in [-0.2, -0.15) is 4.31 Å². The monoisotopic (exact) mass is 307 g/mol. The molecule has 1 aliphatic heterocycles. The minimum Gasteiger partial charge on any atom is -0.469 e. The van der Waals surface area contributed by atoms with Gasteiger partial charge >= 0.3 is 5.97 Å². The number of nitrogens with zero attached hydrogens (tertiary/aromatic N) is 1. The number of carbonyl (C=O) groups excluding carboxylic acids is 1. The number of hydrogen-bond acceptors (Lipinski definition) is 5. The zero-order chi connectivity index (χ0) is 15.0. The number of ether oxygens (including phenoxy) is 2. The third-order valence-electron chi connectivity index (χ3n) is 3.30. The Labute approximate surface area is 121 Å². The Hall–Kier alpha value is -0.660. The van der Waals surface area contributed by atoms with Gasteiger partial charge in [-0.1, -0.05) is 6.92 Å². The fraction of sp³-hybridized carbons (Fsp3) is 0.923. The third kappa shape index (κ3) is 5.76. The highest BCUT2D eigenvalue weighted by Gasteiger charge is 2.28. The van der Waals surface area contributed by atoms with Gasteiger partial charge in [0.1, 0.15) is 0 Å². The van der Waals surface area contributed by atoms with Crippen molar-refractivity contribution in [2.75, 3.05) is 32.6 Å². The molecular formula is C13H25NO5S. The van der Waals surface area contributed by atoms with Gasteiger partial charge in [0.2, 0.25) is 10.0 Å². The fourth-order valence-electron chi connectivity index (χ4n) is 2.21. The zero-order valence-electron chi connectivity index (χ0n) is 12.3. The molecular weight excluding hydrogens is 282 g/mol. The molecule has 6 nitrogen and oxygen atoms in total. The number of sulfonamides is 1. The number of piperidine rings is 1. The molecule has 118 valence electrons. The first kappa shape index (κ1) is 17.4. The summed E-state index contributed by atoms with van der Waals surface area (Å²) in [6, 6.07) is 0. The summed E-state index contributed by atoms with van der Waals surface area (Å²) in [5.74, 6) is -0.384. The van der Waals surface area contributed by atoms with Gasteiger partial charge in [-0.05, 0) is 25.7 Å². The molecule has 0 aromatic heterocycles. The predicted octanol–water partition coefficient (Wildman–Crippen LogP) is 1.16. The van der Waals surface area contributed by atoms with Crippen molar-refractivity contribution in [2.24, 2.45) is 0 Å². The Morgan fingerprint density at radius 3 is 2.80 bits per heavy atom. The van der Waals surface area contributed by atoms with Crippen LogP contribution < -0.4 is 0 Å². The van der Waals surface area contributed by atoms with Gasteiger partial charge in [0.05, 0.1) is 19.0 Å². The number of carbonyl (C=O) groups is 1. The topological polar surface area (TPSA) is 72.9 Å². The smallest absolute Gasteiger partial charge is 0.305 e. The summed E-state index contributed by atoms with van der Waals surface area (Å²) < 4.78 is 36.0. The minimum atomic E-state index is -3.30. The summed E-state index contributed by atoms with van der Waals surface area (Å²) in [5.41, 5.74) is 0. The molecule has 20 heavy (non-hydrogen) atoms. The van der Waals surface area contributed by atoms with E-state index in [4.69, 9.17) is 4.74 Å².